The van der Waals surface area contributed by atoms with Crippen LogP contribution < -0.4 is 5.32 Å². The first-order valence-corrected chi connectivity index (χ1v) is 5.85. The van der Waals surface area contributed by atoms with Gasteiger partial charge in [0, 0.05) is 18.9 Å². The minimum absolute atomic E-state index is 0.0427. The highest BCUT2D eigenvalue weighted by Crippen LogP contribution is 2.08. The topological polar surface area (TPSA) is 59.3 Å². The van der Waals surface area contributed by atoms with Crippen LogP contribution in [0.2, 0.25) is 0 Å². The first-order valence-electron chi connectivity index (χ1n) is 5.42. The molecule has 5 nitrogen and oxygen atoms in total. The highest BCUT2D eigenvalue weighted by atomic mass is 35.5. The molecule has 2 aromatic heterocycles. The molecule has 0 aliphatic rings. The van der Waals surface area contributed by atoms with Gasteiger partial charge in [0.25, 0.3) is 5.91 Å². The number of halogens is 1. The van der Waals surface area contributed by atoms with Crippen LogP contribution in [0.1, 0.15) is 23.7 Å². The minimum atomic E-state index is -0.174. The van der Waals surface area contributed by atoms with Crippen LogP contribution in [-0.4, -0.2) is 32.4 Å². The second-order valence-corrected chi connectivity index (χ2v) is 4.30. The van der Waals surface area contributed by atoms with E-state index in [1.165, 1.54) is 6.20 Å². The van der Waals surface area contributed by atoms with Gasteiger partial charge in [0.05, 0.1) is 28.9 Å². The lowest BCUT2D eigenvalue weighted by Crippen LogP contribution is -2.29. The van der Waals surface area contributed by atoms with Crippen LogP contribution in [0.15, 0.2) is 24.8 Å². The van der Waals surface area contributed by atoms with Gasteiger partial charge in [-0.2, -0.15) is 5.10 Å². The molecular weight excluding hydrogens is 240 g/mol. The van der Waals surface area contributed by atoms with Gasteiger partial charge in [0.2, 0.25) is 0 Å². The number of alkyl halides is 1. The van der Waals surface area contributed by atoms with Crippen molar-refractivity contribution in [1.82, 2.24) is 19.9 Å². The molecule has 0 spiro atoms. The number of aromatic nitrogens is 3. The van der Waals surface area contributed by atoms with Crippen molar-refractivity contribution >= 4 is 23.0 Å². The van der Waals surface area contributed by atoms with Gasteiger partial charge in [0.15, 0.2) is 0 Å². The smallest absolute Gasteiger partial charge is 0.255 e. The van der Waals surface area contributed by atoms with Crippen molar-refractivity contribution in [3.05, 3.63) is 30.4 Å². The van der Waals surface area contributed by atoms with E-state index in [9.17, 15) is 4.79 Å². The van der Waals surface area contributed by atoms with Gasteiger partial charge >= 0.3 is 0 Å². The summed E-state index contributed by atoms with van der Waals surface area (Å²) in [5.41, 5.74) is 1.20. The fourth-order valence-electron chi connectivity index (χ4n) is 1.45. The second kappa shape index (κ2) is 5.14. The average Bonchev–Trinajstić information content (AvgIpc) is 2.79. The summed E-state index contributed by atoms with van der Waals surface area (Å²) in [7, 11) is 0. The molecular formula is C11H13ClN4O. The molecule has 0 aliphatic carbocycles. The monoisotopic (exact) mass is 252 g/mol. The van der Waals surface area contributed by atoms with Gasteiger partial charge in [-0.1, -0.05) is 6.92 Å². The molecule has 0 aromatic carbocycles. The summed E-state index contributed by atoms with van der Waals surface area (Å²) in [4.78, 5) is 15.9. The SMILES string of the molecule is CCC(Cl)CNC(=O)c1cnn2ccncc12. The summed E-state index contributed by atoms with van der Waals surface area (Å²) >= 11 is 5.94. The Morgan fingerprint density at radius 2 is 2.41 bits per heavy atom. The molecule has 1 amide bonds. The number of nitrogens with zero attached hydrogens (tertiary/aromatic N) is 3. The highest BCUT2D eigenvalue weighted by molar-refractivity contribution is 6.20. The third kappa shape index (κ3) is 2.55. The Hall–Kier alpha value is -1.62. The van der Waals surface area contributed by atoms with E-state index in [0.29, 0.717) is 17.6 Å². The van der Waals surface area contributed by atoms with Crippen LogP contribution in [0.25, 0.3) is 5.52 Å². The van der Waals surface area contributed by atoms with E-state index in [1.54, 1.807) is 23.1 Å². The summed E-state index contributed by atoms with van der Waals surface area (Å²) in [6, 6.07) is 0. The zero-order valence-corrected chi connectivity index (χ0v) is 10.2. The van der Waals surface area contributed by atoms with Crippen LogP contribution in [0.3, 0.4) is 0 Å². The van der Waals surface area contributed by atoms with Crippen molar-refractivity contribution in [2.45, 2.75) is 18.7 Å². The zero-order chi connectivity index (χ0) is 12.3. The molecule has 0 radical (unpaired) electrons. The number of nitrogens with one attached hydrogen (secondary N) is 1. The van der Waals surface area contributed by atoms with Crippen molar-refractivity contribution in [1.29, 1.82) is 0 Å². The molecule has 2 aromatic rings. The summed E-state index contributed by atoms with van der Waals surface area (Å²) in [6.45, 7) is 2.43. The molecule has 1 atom stereocenters. The maximum absolute atomic E-state index is 11.9. The molecule has 2 heterocycles. The fourth-order valence-corrected chi connectivity index (χ4v) is 1.53. The molecule has 1 unspecified atom stereocenters. The molecule has 0 bridgehead atoms. The van der Waals surface area contributed by atoms with Crippen LogP contribution in [0.5, 0.6) is 0 Å². The third-order valence-electron chi connectivity index (χ3n) is 2.50. The standard InChI is InChI=1S/C11H13ClN4O/c1-2-8(12)5-14-11(17)9-6-15-16-4-3-13-7-10(9)16/h3-4,6-8H,2,5H2,1H3,(H,14,17). The Morgan fingerprint density at radius 3 is 3.18 bits per heavy atom. The maximum atomic E-state index is 11.9. The minimum Gasteiger partial charge on any atom is -0.350 e. The van der Waals surface area contributed by atoms with E-state index in [0.717, 1.165) is 6.42 Å². The van der Waals surface area contributed by atoms with Crippen LogP contribution in [0.4, 0.5) is 0 Å². The number of hydrogen-bond donors (Lipinski definition) is 1. The summed E-state index contributed by atoms with van der Waals surface area (Å²) < 4.78 is 1.61. The molecule has 17 heavy (non-hydrogen) atoms. The predicted octanol–water partition coefficient (Wildman–Crippen LogP) is 1.48. The van der Waals surface area contributed by atoms with Gasteiger partial charge in [-0.15, -0.1) is 11.6 Å². The largest absolute Gasteiger partial charge is 0.350 e. The van der Waals surface area contributed by atoms with Crippen LogP contribution >= 0.6 is 11.6 Å². The first-order chi connectivity index (χ1) is 8.22. The van der Waals surface area contributed by atoms with E-state index < -0.39 is 0 Å². The normalized spacial score (nSPS) is 12.6. The molecule has 2 rings (SSSR count). The number of carbonyl (C=O) groups is 1. The van der Waals surface area contributed by atoms with Crippen LogP contribution in [0, 0.1) is 0 Å². The van der Waals surface area contributed by atoms with Gasteiger partial charge in [-0.05, 0) is 6.42 Å². The fraction of sp³-hybridized carbons (Fsp3) is 0.364. The number of amides is 1. The van der Waals surface area contributed by atoms with E-state index >= 15 is 0 Å². The Balaban J connectivity index is 2.14. The van der Waals surface area contributed by atoms with Crippen molar-refractivity contribution in [3.8, 4) is 0 Å². The maximum Gasteiger partial charge on any atom is 0.255 e. The van der Waals surface area contributed by atoms with Crippen molar-refractivity contribution < 1.29 is 4.79 Å². The van der Waals surface area contributed by atoms with Crippen LogP contribution in [-0.2, 0) is 0 Å². The van der Waals surface area contributed by atoms with Gasteiger partial charge < -0.3 is 5.32 Å². The average molecular weight is 253 g/mol. The van der Waals surface area contributed by atoms with Gasteiger partial charge in [-0.25, -0.2) is 4.52 Å². The molecule has 1 N–H and O–H groups in total. The quantitative estimate of drug-likeness (QED) is 0.839. The van der Waals surface area contributed by atoms with Crippen molar-refractivity contribution in [3.63, 3.8) is 0 Å². The summed E-state index contributed by atoms with van der Waals surface area (Å²) in [5, 5.41) is 6.80. The van der Waals surface area contributed by atoms with E-state index in [-0.39, 0.29) is 11.3 Å². The molecule has 0 fully saturated rings. The molecule has 6 heteroatoms. The zero-order valence-electron chi connectivity index (χ0n) is 9.43. The number of hydrogen-bond acceptors (Lipinski definition) is 3. The first kappa shape index (κ1) is 11.9. The third-order valence-corrected chi connectivity index (χ3v) is 2.96. The lowest BCUT2D eigenvalue weighted by molar-refractivity contribution is 0.0955. The Kier molecular flexibility index (Phi) is 3.58. The van der Waals surface area contributed by atoms with Gasteiger partial charge in [-0.3, -0.25) is 9.78 Å². The molecule has 0 saturated carbocycles. The van der Waals surface area contributed by atoms with Gasteiger partial charge in [0.1, 0.15) is 0 Å². The highest BCUT2D eigenvalue weighted by Gasteiger charge is 2.13. The lowest BCUT2D eigenvalue weighted by Gasteiger charge is -2.07. The van der Waals surface area contributed by atoms with Crippen molar-refractivity contribution in [2.24, 2.45) is 0 Å². The van der Waals surface area contributed by atoms with Crippen molar-refractivity contribution in [2.75, 3.05) is 6.54 Å². The summed E-state index contributed by atoms with van der Waals surface area (Å²) in [6.07, 6.45) is 7.27. The molecule has 0 aliphatic heterocycles. The lowest BCUT2D eigenvalue weighted by atomic mass is 10.2. The van der Waals surface area contributed by atoms with E-state index in [2.05, 4.69) is 15.4 Å². The Morgan fingerprint density at radius 1 is 1.59 bits per heavy atom. The molecule has 90 valence electrons. The Bertz CT molecular complexity index is 525. The molecule has 0 saturated heterocycles. The Labute approximate surface area is 104 Å². The summed E-state index contributed by atoms with van der Waals surface area (Å²) in [5.74, 6) is -0.174. The number of carbonyl (C=O) groups excluding carboxylic acids is 1. The van der Waals surface area contributed by atoms with E-state index in [4.69, 9.17) is 11.6 Å². The second-order valence-electron chi connectivity index (χ2n) is 3.68. The predicted molar refractivity (Wildman–Crippen MR) is 65.3 cm³/mol. The number of fused-ring (bicyclic) bond motifs is 1. The van der Waals surface area contributed by atoms with E-state index in [1.807, 2.05) is 6.92 Å². The number of rotatable bonds is 4.